The molecule has 1 aliphatic heterocycles. The highest BCUT2D eigenvalue weighted by atomic mass is 15.3. The predicted molar refractivity (Wildman–Crippen MR) is 71.2 cm³/mol. The molecule has 2 aliphatic rings. The quantitative estimate of drug-likeness (QED) is 0.767. The molecular formula is C14H22N4. The summed E-state index contributed by atoms with van der Waals surface area (Å²) in [6.07, 6.45) is 14.6. The molecule has 98 valence electrons. The van der Waals surface area contributed by atoms with Gasteiger partial charge in [-0.3, -0.25) is 0 Å². The molecule has 1 aromatic heterocycles. The van der Waals surface area contributed by atoms with Gasteiger partial charge >= 0.3 is 0 Å². The van der Waals surface area contributed by atoms with Crippen LogP contribution in [0.3, 0.4) is 0 Å². The summed E-state index contributed by atoms with van der Waals surface area (Å²) in [5.74, 6) is 0.865. The fourth-order valence-corrected chi connectivity index (χ4v) is 3.21. The third-order valence-corrected chi connectivity index (χ3v) is 4.19. The van der Waals surface area contributed by atoms with Gasteiger partial charge < -0.3 is 4.90 Å². The molecule has 4 nitrogen and oxygen atoms in total. The Morgan fingerprint density at radius 1 is 1.22 bits per heavy atom. The molecule has 0 radical (unpaired) electrons. The third-order valence-electron chi connectivity index (χ3n) is 4.19. The van der Waals surface area contributed by atoms with E-state index in [0.717, 1.165) is 12.5 Å². The zero-order chi connectivity index (χ0) is 12.2. The summed E-state index contributed by atoms with van der Waals surface area (Å²) in [5, 5.41) is 4.29. The van der Waals surface area contributed by atoms with Gasteiger partial charge in [0.05, 0.1) is 6.04 Å². The smallest absolute Gasteiger partial charge is 0.137 e. The fraction of sp³-hybridized carbons (Fsp3) is 0.714. The first kappa shape index (κ1) is 11.9. The number of aromatic nitrogens is 3. The highest BCUT2D eigenvalue weighted by Crippen LogP contribution is 2.24. The number of hydrogen-bond donors (Lipinski definition) is 0. The van der Waals surface area contributed by atoms with Crippen LogP contribution in [-0.4, -0.2) is 39.3 Å². The second-order valence-electron chi connectivity index (χ2n) is 5.58. The minimum atomic E-state index is 0.528. The average Bonchev–Trinajstić information content (AvgIpc) is 2.94. The van der Waals surface area contributed by atoms with Crippen molar-refractivity contribution in [3.05, 3.63) is 24.8 Å². The van der Waals surface area contributed by atoms with Gasteiger partial charge in [0.2, 0.25) is 0 Å². The normalized spacial score (nSPS) is 29.6. The van der Waals surface area contributed by atoms with Crippen LogP contribution >= 0.6 is 0 Å². The molecule has 0 spiro atoms. The number of likely N-dealkylation sites (tertiary alicyclic amines) is 1. The average molecular weight is 246 g/mol. The Hall–Kier alpha value is -1.16. The molecule has 0 N–H and O–H groups in total. The van der Waals surface area contributed by atoms with Crippen LogP contribution < -0.4 is 0 Å². The van der Waals surface area contributed by atoms with Crippen LogP contribution in [0.2, 0.25) is 0 Å². The molecule has 4 heteroatoms. The van der Waals surface area contributed by atoms with E-state index < -0.39 is 0 Å². The molecule has 1 saturated heterocycles. The summed E-state index contributed by atoms with van der Waals surface area (Å²) in [7, 11) is 0. The summed E-state index contributed by atoms with van der Waals surface area (Å²) >= 11 is 0. The van der Waals surface area contributed by atoms with E-state index in [9.17, 15) is 0 Å². The van der Waals surface area contributed by atoms with E-state index >= 15 is 0 Å². The van der Waals surface area contributed by atoms with Crippen molar-refractivity contribution in [2.45, 2.75) is 38.1 Å². The van der Waals surface area contributed by atoms with E-state index in [1.807, 2.05) is 11.0 Å². The van der Waals surface area contributed by atoms with Gasteiger partial charge in [0.25, 0.3) is 0 Å². The van der Waals surface area contributed by atoms with Crippen LogP contribution in [0.5, 0.6) is 0 Å². The summed E-state index contributed by atoms with van der Waals surface area (Å²) in [5.41, 5.74) is 0. The third kappa shape index (κ3) is 2.80. The van der Waals surface area contributed by atoms with E-state index in [-0.39, 0.29) is 0 Å². The first-order valence-electron chi connectivity index (χ1n) is 7.13. The Morgan fingerprint density at radius 3 is 3.00 bits per heavy atom. The van der Waals surface area contributed by atoms with Crippen molar-refractivity contribution in [1.82, 2.24) is 19.7 Å². The maximum absolute atomic E-state index is 4.29. The molecule has 2 atom stereocenters. The summed E-state index contributed by atoms with van der Waals surface area (Å²) < 4.78 is 2.03. The van der Waals surface area contributed by atoms with Gasteiger partial charge in [0.1, 0.15) is 12.7 Å². The van der Waals surface area contributed by atoms with Gasteiger partial charge in [0, 0.05) is 13.1 Å². The van der Waals surface area contributed by atoms with Crippen LogP contribution in [0.4, 0.5) is 0 Å². The Bertz CT molecular complexity index is 385. The lowest BCUT2D eigenvalue weighted by Gasteiger charge is -2.35. The minimum Gasteiger partial charge on any atom is -0.301 e. The predicted octanol–water partition coefficient (Wildman–Crippen LogP) is 2.27. The van der Waals surface area contributed by atoms with Crippen LogP contribution in [0.1, 0.15) is 38.1 Å². The zero-order valence-electron chi connectivity index (χ0n) is 10.9. The molecule has 0 amide bonds. The zero-order valence-corrected chi connectivity index (χ0v) is 10.9. The summed E-state index contributed by atoms with van der Waals surface area (Å²) in [4.78, 5) is 6.69. The molecule has 3 rings (SSSR count). The number of piperidine rings is 1. The van der Waals surface area contributed by atoms with Gasteiger partial charge in [-0.15, -0.1) is 0 Å². The van der Waals surface area contributed by atoms with E-state index in [0.29, 0.717) is 6.04 Å². The van der Waals surface area contributed by atoms with Gasteiger partial charge in [-0.2, -0.15) is 5.10 Å². The number of nitrogens with zero attached hydrogens (tertiary/aromatic N) is 4. The maximum atomic E-state index is 4.29. The minimum absolute atomic E-state index is 0.528. The first-order valence-corrected chi connectivity index (χ1v) is 7.13. The Morgan fingerprint density at radius 2 is 2.22 bits per heavy atom. The lowest BCUT2D eigenvalue weighted by atomic mass is 9.93. The molecule has 0 saturated carbocycles. The van der Waals surface area contributed by atoms with E-state index in [1.165, 1.54) is 45.2 Å². The number of allylic oxidation sites excluding steroid dienone is 2. The van der Waals surface area contributed by atoms with E-state index in [2.05, 4.69) is 27.1 Å². The van der Waals surface area contributed by atoms with Gasteiger partial charge in [0.15, 0.2) is 0 Å². The van der Waals surface area contributed by atoms with Crippen molar-refractivity contribution in [3.63, 3.8) is 0 Å². The van der Waals surface area contributed by atoms with Crippen molar-refractivity contribution in [2.75, 3.05) is 19.6 Å². The molecule has 1 aromatic rings. The summed E-state index contributed by atoms with van der Waals surface area (Å²) in [6.45, 7) is 3.66. The molecule has 18 heavy (non-hydrogen) atoms. The van der Waals surface area contributed by atoms with Crippen LogP contribution in [-0.2, 0) is 0 Å². The molecule has 0 aromatic carbocycles. The van der Waals surface area contributed by atoms with Crippen molar-refractivity contribution in [3.8, 4) is 0 Å². The lowest BCUT2D eigenvalue weighted by Crippen LogP contribution is -2.39. The standard InChI is InChI=1S/C14H22N4/c1-2-5-13(6-3-1)9-17-8-4-7-14(10-17)18-12-15-11-16-18/h1-2,11-14H,3-10H2. The molecule has 2 heterocycles. The second kappa shape index (κ2) is 5.65. The van der Waals surface area contributed by atoms with Crippen LogP contribution in [0, 0.1) is 5.92 Å². The van der Waals surface area contributed by atoms with Crippen molar-refractivity contribution >= 4 is 0 Å². The highest BCUT2D eigenvalue weighted by Gasteiger charge is 2.23. The number of hydrogen-bond acceptors (Lipinski definition) is 3. The van der Waals surface area contributed by atoms with Gasteiger partial charge in [-0.1, -0.05) is 12.2 Å². The first-order chi connectivity index (χ1) is 8.92. The molecule has 1 aliphatic carbocycles. The molecule has 2 unspecified atom stereocenters. The largest absolute Gasteiger partial charge is 0.301 e. The van der Waals surface area contributed by atoms with Crippen LogP contribution in [0.25, 0.3) is 0 Å². The van der Waals surface area contributed by atoms with E-state index in [4.69, 9.17) is 0 Å². The Kier molecular flexibility index (Phi) is 3.74. The second-order valence-corrected chi connectivity index (χ2v) is 5.58. The number of rotatable bonds is 3. The molecular weight excluding hydrogens is 224 g/mol. The highest BCUT2D eigenvalue weighted by molar-refractivity contribution is 4.91. The van der Waals surface area contributed by atoms with Crippen molar-refractivity contribution in [1.29, 1.82) is 0 Å². The molecule has 1 fully saturated rings. The monoisotopic (exact) mass is 246 g/mol. The summed E-state index contributed by atoms with van der Waals surface area (Å²) in [6, 6.07) is 0.528. The van der Waals surface area contributed by atoms with Gasteiger partial charge in [-0.05, 0) is 44.6 Å². The van der Waals surface area contributed by atoms with Crippen LogP contribution in [0.15, 0.2) is 24.8 Å². The molecule has 0 bridgehead atoms. The maximum Gasteiger partial charge on any atom is 0.137 e. The van der Waals surface area contributed by atoms with Gasteiger partial charge in [-0.25, -0.2) is 9.67 Å². The topological polar surface area (TPSA) is 34.0 Å². The van der Waals surface area contributed by atoms with E-state index in [1.54, 1.807) is 6.33 Å². The SMILES string of the molecule is C1=CCC(CN2CCCC(n3cncn3)C2)CC1. The van der Waals surface area contributed by atoms with Crippen molar-refractivity contribution < 1.29 is 0 Å². The Labute approximate surface area is 109 Å². The Balaban J connectivity index is 1.55. The lowest BCUT2D eigenvalue weighted by molar-refractivity contribution is 0.144. The fourth-order valence-electron chi connectivity index (χ4n) is 3.21. The van der Waals surface area contributed by atoms with Crippen molar-refractivity contribution in [2.24, 2.45) is 5.92 Å².